The zero-order chi connectivity index (χ0) is 49.1. The van der Waals surface area contributed by atoms with E-state index in [4.69, 9.17) is 43.4 Å². The molecule has 0 aliphatic rings. The second kappa shape index (κ2) is 27.5. The van der Waals surface area contributed by atoms with Crippen LogP contribution in [0.5, 0.6) is 0 Å². The number of aromatic nitrogens is 2. The summed E-state index contributed by atoms with van der Waals surface area (Å²) in [6.07, 6.45) is -12.8. The number of hydrogen-bond acceptors (Lipinski definition) is 20. The smallest absolute Gasteiger partial charge is 0.328 e. The number of aryl methyl sites for hydroxylation is 2. The van der Waals surface area contributed by atoms with Crippen LogP contribution in [0.4, 0.5) is 11.6 Å². The average Bonchev–Trinajstić information content (AvgIpc) is 3.31. The number of aliphatic hydroxyl groups excluding tert-OH is 10. The maximum Gasteiger partial charge on any atom is 0.328 e. The molecule has 24 heteroatoms. The maximum absolute atomic E-state index is 13.1. The molecule has 66 heavy (non-hydrogen) atoms. The summed E-state index contributed by atoms with van der Waals surface area (Å²) in [6.45, 7) is -2.78. The lowest BCUT2D eigenvalue weighted by Gasteiger charge is -2.34. The van der Waals surface area contributed by atoms with Gasteiger partial charge in [0.2, 0.25) is 5.91 Å². The Morgan fingerprint density at radius 2 is 1.24 bits per heavy atom. The molecule has 3 rings (SSSR count). The largest absolute Gasteiger partial charge is 0.467 e. The van der Waals surface area contributed by atoms with Crippen LogP contribution in [0.3, 0.4) is 0 Å². The minimum atomic E-state index is -2.00. The van der Waals surface area contributed by atoms with Crippen LogP contribution in [-0.4, -0.2) is 191 Å². The molecule has 0 saturated carbocycles. The number of guanidine groups is 1. The number of nitrogens with two attached hydrogens (primary N) is 2. The van der Waals surface area contributed by atoms with E-state index in [0.29, 0.717) is 19.4 Å². The standard InChI is InChI=1S/C42H62ClN9O14/c1-66-41(65)26(15-17-52(18-27(55)33(60)35(62)29(57)20-53)19-28(56)34(61)36(63)30(58)21-54)48-31(59)14-9-23-7-12-25(13-8-23)24-10-5-22(6-11-24)4-2-3-16-47-42(46)51-40(64)32-38(44)50-39(45)37(43)49-32/h5-8,10-13,26-30,33-36,53-58,60-63H,2-4,9,14-21H2,1H3,(H,48,59)(H4,44,45,50)(H3,46,47,51,64)/t26-,27-,28-,29+,30+,33+,34+,35+,36+/m0/s1. The van der Waals surface area contributed by atoms with Crippen molar-refractivity contribution in [3.05, 3.63) is 70.5 Å². The lowest BCUT2D eigenvalue weighted by atomic mass is 9.99. The molecule has 0 aliphatic heterocycles. The van der Waals surface area contributed by atoms with Crippen LogP contribution < -0.4 is 27.4 Å². The number of rotatable bonds is 27. The van der Waals surface area contributed by atoms with Gasteiger partial charge in [-0.1, -0.05) is 60.1 Å². The normalized spacial score (nSPS) is 15.7. The molecule has 0 unspecified atom stereocenters. The number of hydrogen-bond donors (Lipinski definition) is 16. The molecule has 18 N–H and O–H groups in total. The first-order valence-electron chi connectivity index (χ1n) is 21.0. The van der Waals surface area contributed by atoms with Gasteiger partial charge in [0.25, 0.3) is 5.91 Å². The molecule has 0 radical (unpaired) electrons. The van der Waals surface area contributed by atoms with Crippen LogP contribution in [0.25, 0.3) is 11.1 Å². The van der Waals surface area contributed by atoms with Crippen molar-refractivity contribution in [1.82, 2.24) is 30.8 Å². The molecule has 0 saturated heterocycles. The Kier molecular flexibility index (Phi) is 23.0. The minimum absolute atomic E-state index is 0.0221. The van der Waals surface area contributed by atoms with Crippen LogP contribution in [0.15, 0.2) is 48.5 Å². The quantitative estimate of drug-likeness (QED) is 0.0152. The predicted molar refractivity (Wildman–Crippen MR) is 239 cm³/mol. The molecule has 3 aromatic rings. The summed E-state index contributed by atoms with van der Waals surface area (Å²) < 4.78 is 4.86. The summed E-state index contributed by atoms with van der Waals surface area (Å²) in [5.41, 5.74) is 14.8. The molecule has 2 aromatic carbocycles. The monoisotopic (exact) mass is 951 g/mol. The number of amides is 2. The number of methoxy groups -OCH3 is 1. The molecule has 1 aromatic heterocycles. The lowest BCUT2D eigenvalue weighted by molar-refractivity contribution is -0.145. The van der Waals surface area contributed by atoms with Gasteiger partial charge >= 0.3 is 5.97 Å². The number of halogens is 1. The molecule has 9 atom stereocenters. The Bertz CT molecular complexity index is 1980. The van der Waals surface area contributed by atoms with Gasteiger partial charge in [0.15, 0.2) is 28.4 Å². The molecule has 0 aliphatic carbocycles. The number of carbonyl (C=O) groups excluding carboxylic acids is 3. The van der Waals surface area contributed by atoms with E-state index >= 15 is 0 Å². The van der Waals surface area contributed by atoms with Crippen LogP contribution in [0.1, 0.15) is 47.3 Å². The SMILES string of the molecule is COC(=O)[C@H](CCN(C[C@H](O)[C@@H](O)[C@H](O)[C@H](O)CO)C[C@H](O)[C@@H](O)[C@H](O)[C@H](O)CO)NC(=O)CCc1ccc(-c2ccc(CCCCNC(=N)NC(=O)c3nc(Cl)c(N)nc3N)cc2)cc1. The Labute approximate surface area is 385 Å². The third-order valence-corrected chi connectivity index (χ3v) is 10.8. The number of nitrogens with one attached hydrogen (secondary N) is 4. The molecule has 366 valence electrons. The summed E-state index contributed by atoms with van der Waals surface area (Å²) in [6, 6.07) is 14.4. The fourth-order valence-corrected chi connectivity index (χ4v) is 6.70. The van der Waals surface area contributed by atoms with Gasteiger partial charge in [-0.15, -0.1) is 0 Å². The average molecular weight is 952 g/mol. The fraction of sp³-hybridized carbons (Fsp3) is 0.524. The Morgan fingerprint density at radius 1 is 0.742 bits per heavy atom. The molecule has 1 heterocycles. The number of aliphatic hydroxyl groups is 10. The zero-order valence-electron chi connectivity index (χ0n) is 36.3. The van der Waals surface area contributed by atoms with E-state index in [1.807, 2.05) is 48.5 Å². The van der Waals surface area contributed by atoms with Crippen LogP contribution in [0.2, 0.25) is 5.15 Å². The molecular formula is C42H62ClN9O14. The Hall–Kier alpha value is -5.15. The number of nitrogens with zero attached hydrogens (tertiary/aromatic N) is 3. The predicted octanol–water partition coefficient (Wildman–Crippen LogP) is -3.61. The molecule has 0 bridgehead atoms. The highest BCUT2D eigenvalue weighted by Gasteiger charge is 2.35. The molecule has 0 fully saturated rings. The van der Waals surface area contributed by atoms with Crippen molar-refractivity contribution in [2.24, 2.45) is 0 Å². The molecule has 2 amide bonds. The number of anilines is 2. The van der Waals surface area contributed by atoms with Gasteiger partial charge in [-0.2, -0.15) is 0 Å². The molecule has 23 nitrogen and oxygen atoms in total. The van der Waals surface area contributed by atoms with Gasteiger partial charge in [-0.05, 0) is 54.4 Å². The number of esters is 1. The van der Waals surface area contributed by atoms with Gasteiger partial charge in [-0.25, -0.2) is 14.8 Å². The first-order valence-corrected chi connectivity index (χ1v) is 21.3. The van der Waals surface area contributed by atoms with Crippen molar-refractivity contribution in [2.45, 2.75) is 93.4 Å². The molecule has 0 spiro atoms. The number of benzene rings is 2. The zero-order valence-corrected chi connectivity index (χ0v) is 37.0. The highest BCUT2D eigenvalue weighted by Crippen LogP contribution is 2.22. The van der Waals surface area contributed by atoms with Gasteiger partial charge in [-0.3, -0.25) is 25.2 Å². The van der Waals surface area contributed by atoms with Crippen LogP contribution in [0, 0.1) is 5.41 Å². The first kappa shape index (κ1) is 55.2. The van der Waals surface area contributed by atoms with E-state index in [0.717, 1.165) is 42.2 Å². The van der Waals surface area contributed by atoms with Crippen LogP contribution >= 0.6 is 11.6 Å². The summed E-state index contributed by atoms with van der Waals surface area (Å²) in [7, 11) is 1.10. The van der Waals surface area contributed by atoms with E-state index in [1.54, 1.807) is 0 Å². The summed E-state index contributed by atoms with van der Waals surface area (Å²) in [5.74, 6) is -2.65. The fourth-order valence-electron chi connectivity index (χ4n) is 6.58. The van der Waals surface area contributed by atoms with E-state index < -0.39 is 99.0 Å². The van der Waals surface area contributed by atoms with Gasteiger partial charge in [0.05, 0.1) is 32.5 Å². The third kappa shape index (κ3) is 17.3. The second-order valence-corrected chi connectivity index (χ2v) is 15.9. The number of carbonyl (C=O) groups is 3. The van der Waals surface area contributed by atoms with E-state index in [9.17, 15) is 55.2 Å². The van der Waals surface area contributed by atoms with E-state index in [-0.39, 0.29) is 47.8 Å². The van der Waals surface area contributed by atoms with Crippen molar-refractivity contribution in [3.8, 4) is 11.1 Å². The first-order chi connectivity index (χ1) is 31.3. The Morgan fingerprint density at radius 3 is 1.74 bits per heavy atom. The second-order valence-electron chi connectivity index (χ2n) is 15.5. The highest BCUT2D eigenvalue weighted by atomic mass is 35.5. The van der Waals surface area contributed by atoms with Crippen LogP contribution in [-0.2, 0) is 27.2 Å². The van der Waals surface area contributed by atoms with Crippen molar-refractivity contribution >= 4 is 47.0 Å². The minimum Gasteiger partial charge on any atom is -0.467 e. The molecular weight excluding hydrogens is 890 g/mol. The van der Waals surface area contributed by atoms with Crippen molar-refractivity contribution in [3.63, 3.8) is 0 Å². The number of unbranched alkanes of at least 4 members (excludes halogenated alkanes) is 1. The number of nitrogen functional groups attached to an aromatic ring is 2. The highest BCUT2D eigenvalue weighted by molar-refractivity contribution is 6.31. The van der Waals surface area contributed by atoms with Gasteiger partial charge < -0.3 is 77.9 Å². The van der Waals surface area contributed by atoms with E-state index in [2.05, 4.69) is 25.9 Å². The van der Waals surface area contributed by atoms with Gasteiger partial charge in [0.1, 0.15) is 42.7 Å². The third-order valence-electron chi connectivity index (χ3n) is 10.5. The van der Waals surface area contributed by atoms with Gasteiger partial charge in [0, 0.05) is 32.6 Å². The van der Waals surface area contributed by atoms with Crippen molar-refractivity contribution in [1.29, 1.82) is 5.41 Å². The summed E-state index contributed by atoms with van der Waals surface area (Å²) in [5, 5.41) is 115. The summed E-state index contributed by atoms with van der Waals surface area (Å²) >= 11 is 5.82. The van der Waals surface area contributed by atoms with Crippen molar-refractivity contribution in [2.75, 3.05) is 58.0 Å². The maximum atomic E-state index is 13.1. The Balaban J connectivity index is 1.50. The van der Waals surface area contributed by atoms with E-state index in [1.165, 1.54) is 4.90 Å². The van der Waals surface area contributed by atoms with Crippen molar-refractivity contribution < 1.29 is 70.2 Å². The number of ether oxygens (including phenoxy) is 1. The topological polar surface area (TPSA) is 404 Å². The lowest BCUT2D eigenvalue weighted by Crippen LogP contribution is -2.54. The summed E-state index contributed by atoms with van der Waals surface area (Å²) in [4.78, 5) is 47.0.